The molecule has 0 spiro atoms. The van der Waals surface area contributed by atoms with Gasteiger partial charge in [0.2, 0.25) is 5.78 Å². The minimum absolute atomic E-state index is 0.00677. The molecule has 8 heteroatoms. The minimum Gasteiger partial charge on any atom is -0.511 e. The van der Waals surface area contributed by atoms with Crippen molar-refractivity contribution < 1.29 is 39.5 Å². The number of carbonyl (C=O) groups is 3. The molecule has 0 radical (unpaired) electrons. The smallest absolute Gasteiger partial charge is 0.209 e. The van der Waals surface area contributed by atoms with Crippen LogP contribution in [-0.4, -0.2) is 50.5 Å². The number of hydrogen-bond donors (Lipinski definition) is 4. The Hall–Kier alpha value is -4.69. The highest BCUT2D eigenvalue weighted by atomic mass is 16.5. The van der Waals surface area contributed by atoms with Gasteiger partial charge in [0.05, 0.1) is 12.7 Å². The zero-order chi connectivity index (χ0) is 32.2. The number of Topliss-reactive ketones (excluding diaryl/α,β-unsaturated/α-hetero) is 3. The molecule has 0 unspecified atom stereocenters. The van der Waals surface area contributed by atoms with Crippen LogP contribution in [0.3, 0.4) is 0 Å². The summed E-state index contributed by atoms with van der Waals surface area (Å²) in [5.74, 6) is -5.00. The number of aryl methyl sites for hydroxylation is 3. The topological polar surface area (TPSA) is 141 Å². The maximum absolute atomic E-state index is 14.0. The van der Waals surface area contributed by atoms with E-state index in [1.807, 2.05) is 18.2 Å². The number of methoxy groups -OCH3 is 1. The van der Waals surface area contributed by atoms with E-state index < -0.39 is 51.9 Å². The molecule has 0 aliphatic heterocycles. The largest absolute Gasteiger partial charge is 0.511 e. The van der Waals surface area contributed by atoms with Crippen molar-refractivity contribution >= 4 is 17.3 Å². The van der Waals surface area contributed by atoms with Gasteiger partial charge in [-0.25, -0.2) is 0 Å². The Bertz CT molecular complexity index is 1830. The molecular weight excluding hydrogens is 572 g/mol. The second kappa shape index (κ2) is 11.3. The number of allylic oxidation sites excluding steroid dienone is 2. The van der Waals surface area contributed by atoms with E-state index in [0.717, 1.165) is 37.3 Å². The Kier molecular flexibility index (Phi) is 7.65. The number of ketones is 3. The van der Waals surface area contributed by atoms with Crippen molar-refractivity contribution in [3.63, 3.8) is 0 Å². The first-order chi connectivity index (χ1) is 21.4. The summed E-state index contributed by atoms with van der Waals surface area (Å²) >= 11 is 0. The van der Waals surface area contributed by atoms with E-state index >= 15 is 0 Å². The Morgan fingerprint density at radius 3 is 2.38 bits per heavy atom. The van der Waals surface area contributed by atoms with E-state index in [4.69, 9.17) is 4.74 Å². The molecule has 45 heavy (non-hydrogen) atoms. The van der Waals surface area contributed by atoms with Gasteiger partial charge in [-0.3, -0.25) is 14.4 Å². The zero-order valence-corrected chi connectivity index (χ0v) is 25.5. The molecule has 3 atom stereocenters. The second-order valence-electron chi connectivity index (χ2n) is 12.5. The van der Waals surface area contributed by atoms with Gasteiger partial charge in [0, 0.05) is 23.5 Å². The van der Waals surface area contributed by atoms with E-state index in [2.05, 4.69) is 31.2 Å². The van der Waals surface area contributed by atoms with Crippen LogP contribution < -0.4 is 4.74 Å². The first kappa shape index (κ1) is 30.3. The van der Waals surface area contributed by atoms with Crippen LogP contribution >= 0.6 is 0 Å². The molecule has 8 nitrogen and oxygen atoms in total. The Morgan fingerprint density at radius 2 is 1.69 bits per heavy atom. The number of carbonyl (C=O) groups excluding carboxylic acids is 3. The van der Waals surface area contributed by atoms with Gasteiger partial charge >= 0.3 is 0 Å². The van der Waals surface area contributed by atoms with Crippen LogP contribution in [0.2, 0.25) is 0 Å². The Balaban J connectivity index is 1.38. The third kappa shape index (κ3) is 4.93. The second-order valence-corrected chi connectivity index (χ2v) is 12.5. The van der Waals surface area contributed by atoms with Crippen LogP contribution in [0, 0.1) is 18.8 Å². The maximum atomic E-state index is 14.0. The van der Waals surface area contributed by atoms with E-state index in [1.54, 1.807) is 13.2 Å². The fourth-order valence-corrected chi connectivity index (χ4v) is 7.47. The molecule has 0 fully saturated rings. The number of benzene rings is 3. The SMILES string of the molecule is COc1ccc(CCCc2cccc(C)c2)cc1-c1ccc(O)c2c1C[C@@H]1C[C@@H]3CC(O)=C(C(C)=O)C(=O)[C@]3(O)C(O)=C1C2=O. The fraction of sp³-hybridized carbons (Fsp3) is 0.324. The summed E-state index contributed by atoms with van der Waals surface area (Å²) in [4.78, 5) is 39.4. The molecular formula is C37H36O8. The van der Waals surface area contributed by atoms with Gasteiger partial charge in [0.1, 0.15) is 28.6 Å². The third-order valence-corrected chi connectivity index (χ3v) is 9.62. The van der Waals surface area contributed by atoms with Crippen molar-refractivity contribution in [2.24, 2.45) is 11.8 Å². The molecule has 4 N–H and O–H groups in total. The normalized spacial score (nSPS) is 22.6. The lowest BCUT2D eigenvalue weighted by Crippen LogP contribution is -2.56. The van der Waals surface area contributed by atoms with Crippen LogP contribution in [0.15, 0.2) is 77.3 Å². The molecule has 0 saturated carbocycles. The molecule has 3 aromatic rings. The van der Waals surface area contributed by atoms with Crippen molar-refractivity contribution in [3.05, 3.63) is 105 Å². The summed E-state index contributed by atoms with van der Waals surface area (Å²) in [6.07, 6.45) is 2.83. The highest BCUT2D eigenvalue weighted by molar-refractivity contribution is 6.25. The third-order valence-electron chi connectivity index (χ3n) is 9.62. The van der Waals surface area contributed by atoms with Gasteiger partial charge in [-0.05, 0) is 92.3 Å². The number of phenols is 1. The van der Waals surface area contributed by atoms with Gasteiger partial charge in [-0.2, -0.15) is 0 Å². The maximum Gasteiger partial charge on any atom is 0.209 e. The minimum atomic E-state index is -2.52. The fourth-order valence-electron chi connectivity index (χ4n) is 7.47. The zero-order valence-electron chi connectivity index (χ0n) is 25.5. The number of aliphatic hydroxyl groups excluding tert-OH is 2. The van der Waals surface area contributed by atoms with Crippen LogP contribution in [0.5, 0.6) is 11.5 Å². The number of aliphatic hydroxyl groups is 3. The molecule has 0 bridgehead atoms. The summed E-state index contributed by atoms with van der Waals surface area (Å²) in [6.45, 7) is 3.17. The summed E-state index contributed by atoms with van der Waals surface area (Å²) in [7, 11) is 1.57. The predicted octanol–water partition coefficient (Wildman–Crippen LogP) is 5.84. The molecule has 0 amide bonds. The number of rotatable bonds is 7. The van der Waals surface area contributed by atoms with Crippen molar-refractivity contribution in [3.8, 4) is 22.6 Å². The quantitative estimate of drug-likeness (QED) is 0.245. The van der Waals surface area contributed by atoms with Crippen molar-refractivity contribution in [1.29, 1.82) is 0 Å². The van der Waals surface area contributed by atoms with Gasteiger partial charge in [-0.1, -0.05) is 42.0 Å². The predicted molar refractivity (Wildman–Crippen MR) is 167 cm³/mol. The first-order valence-electron chi connectivity index (χ1n) is 15.2. The van der Waals surface area contributed by atoms with Crippen molar-refractivity contribution in [2.75, 3.05) is 7.11 Å². The summed E-state index contributed by atoms with van der Waals surface area (Å²) in [6, 6.07) is 17.6. The molecule has 3 aliphatic carbocycles. The lowest BCUT2D eigenvalue weighted by molar-refractivity contribution is -0.144. The summed E-state index contributed by atoms with van der Waals surface area (Å²) < 4.78 is 5.72. The summed E-state index contributed by atoms with van der Waals surface area (Å²) in [5, 5.41) is 44.3. The van der Waals surface area contributed by atoms with Gasteiger partial charge in [0.25, 0.3) is 0 Å². The number of phenolic OH excluding ortho intramolecular Hbond substituents is 1. The van der Waals surface area contributed by atoms with Crippen molar-refractivity contribution in [2.45, 2.75) is 58.0 Å². The number of hydrogen-bond acceptors (Lipinski definition) is 8. The number of ether oxygens (including phenoxy) is 1. The molecule has 232 valence electrons. The van der Waals surface area contributed by atoms with E-state index in [-0.39, 0.29) is 36.1 Å². The van der Waals surface area contributed by atoms with Crippen LogP contribution in [0.4, 0.5) is 0 Å². The van der Waals surface area contributed by atoms with Crippen LogP contribution in [0.1, 0.15) is 58.8 Å². The lowest BCUT2D eigenvalue weighted by atomic mass is 9.60. The Morgan fingerprint density at radius 1 is 0.956 bits per heavy atom. The van der Waals surface area contributed by atoms with E-state index in [1.165, 1.54) is 17.2 Å². The van der Waals surface area contributed by atoms with Gasteiger partial charge in [0.15, 0.2) is 17.2 Å². The molecule has 3 aromatic carbocycles. The lowest BCUT2D eigenvalue weighted by Gasteiger charge is -2.45. The average Bonchev–Trinajstić information content (AvgIpc) is 2.99. The van der Waals surface area contributed by atoms with Crippen LogP contribution in [-0.2, 0) is 28.9 Å². The number of fused-ring (bicyclic) bond motifs is 3. The van der Waals surface area contributed by atoms with Crippen LogP contribution in [0.25, 0.3) is 11.1 Å². The van der Waals surface area contributed by atoms with Crippen molar-refractivity contribution in [1.82, 2.24) is 0 Å². The molecule has 0 aromatic heterocycles. The van der Waals surface area contributed by atoms with E-state index in [9.17, 15) is 34.8 Å². The highest BCUT2D eigenvalue weighted by Crippen LogP contribution is 2.52. The first-order valence-corrected chi connectivity index (χ1v) is 15.2. The molecule has 3 aliphatic rings. The Labute approximate surface area is 261 Å². The monoisotopic (exact) mass is 608 g/mol. The van der Waals surface area contributed by atoms with Gasteiger partial charge < -0.3 is 25.2 Å². The molecule has 6 rings (SSSR count). The van der Waals surface area contributed by atoms with E-state index in [0.29, 0.717) is 16.9 Å². The number of aromatic hydroxyl groups is 1. The highest BCUT2D eigenvalue weighted by Gasteiger charge is 2.59. The average molecular weight is 609 g/mol. The molecule has 0 saturated heterocycles. The van der Waals surface area contributed by atoms with Gasteiger partial charge in [-0.15, -0.1) is 0 Å². The molecule has 0 heterocycles. The summed E-state index contributed by atoms with van der Waals surface area (Å²) in [5.41, 5.74) is 2.39. The standard InChI is InChI=1S/C37H36O8/c1-19-6-4-7-21(14-19)8-5-9-22-10-13-30(45-3)26(15-22)25-11-12-28(39)33-27(25)17-23-16-24-18-29(40)31(20(2)38)35(42)37(24,44)36(43)32(23)34(33)41/h4,6-7,10-15,23-24,39-40,43-44H,5,8-9,16-18H2,1-3H3/t23-,24+,37-/m0/s1.